The van der Waals surface area contributed by atoms with Crippen molar-refractivity contribution < 1.29 is 14.7 Å². The van der Waals surface area contributed by atoms with Gasteiger partial charge in [0.25, 0.3) is 5.91 Å². The molecule has 0 saturated carbocycles. The molecule has 2 N–H and O–H groups in total. The molecule has 19 heavy (non-hydrogen) atoms. The standard InChI is InChI=1S/C12H12N4O3/c1-7-9(12(18)19)6-16(15-7)8-3-4-14-10(5-8)11(17)13-2/h3-6H,1-2H3,(H,13,17)(H,18,19). The lowest BCUT2D eigenvalue weighted by molar-refractivity contribution is 0.0696. The molecule has 0 radical (unpaired) electrons. The summed E-state index contributed by atoms with van der Waals surface area (Å²) in [6.07, 6.45) is 2.87. The van der Waals surface area contributed by atoms with Crippen molar-refractivity contribution in [1.29, 1.82) is 0 Å². The Balaban J connectivity index is 2.45. The summed E-state index contributed by atoms with van der Waals surface area (Å²) in [4.78, 5) is 26.4. The van der Waals surface area contributed by atoms with Crippen molar-refractivity contribution in [2.75, 3.05) is 7.05 Å². The number of hydrogen-bond acceptors (Lipinski definition) is 4. The Morgan fingerprint density at radius 2 is 2.16 bits per heavy atom. The number of carboxylic acid groups (broad SMARTS) is 1. The molecule has 2 rings (SSSR count). The number of hydrogen-bond donors (Lipinski definition) is 2. The minimum Gasteiger partial charge on any atom is -0.478 e. The molecule has 2 aromatic rings. The van der Waals surface area contributed by atoms with Crippen molar-refractivity contribution in [2.24, 2.45) is 0 Å². The van der Waals surface area contributed by atoms with Gasteiger partial charge in [0.2, 0.25) is 0 Å². The van der Waals surface area contributed by atoms with Crippen LogP contribution in [0, 0.1) is 6.92 Å². The second kappa shape index (κ2) is 4.89. The number of nitrogens with zero attached hydrogens (tertiary/aromatic N) is 3. The van der Waals surface area contributed by atoms with Crippen molar-refractivity contribution in [2.45, 2.75) is 6.92 Å². The van der Waals surface area contributed by atoms with Gasteiger partial charge in [0, 0.05) is 19.4 Å². The van der Waals surface area contributed by atoms with Crippen LogP contribution in [0.5, 0.6) is 0 Å². The van der Waals surface area contributed by atoms with Crippen molar-refractivity contribution in [3.8, 4) is 5.69 Å². The van der Waals surface area contributed by atoms with Gasteiger partial charge in [-0.3, -0.25) is 9.78 Å². The predicted octanol–water partition coefficient (Wildman–Crippen LogP) is 0.634. The maximum Gasteiger partial charge on any atom is 0.339 e. The van der Waals surface area contributed by atoms with Crippen LogP contribution < -0.4 is 5.32 Å². The molecule has 0 aliphatic carbocycles. The third-order valence-electron chi connectivity index (χ3n) is 2.60. The first-order valence-electron chi connectivity index (χ1n) is 5.51. The summed E-state index contributed by atoms with van der Waals surface area (Å²) in [6.45, 7) is 1.61. The minimum atomic E-state index is -1.04. The number of aromatic carboxylic acids is 1. The van der Waals surface area contributed by atoms with Gasteiger partial charge >= 0.3 is 5.97 Å². The van der Waals surface area contributed by atoms with Gasteiger partial charge in [-0.1, -0.05) is 0 Å². The van der Waals surface area contributed by atoms with E-state index in [4.69, 9.17) is 5.11 Å². The Kier molecular flexibility index (Phi) is 3.28. The second-order valence-electron chi connectivity index (χ2n) is 3.86. The number of carboxylic acids is 1. The second-order valence-corrected chi connectivity index (χ2v) is 3.86. The summed E-state index contributed by atoms with van der Waals surface area (Å²) in [5.41, 5.74) is 1.35. The first kappa shape index (κ1) is 12.7. The molecule has 0 atom stereocenters. The van der Waals surface area contributed by atoms with Gasteiger partial charge < -0.3 is 10.4 Å². The average molecular weight is 260 g/mol. The van der Waals surface area contributed by atoms with Gasteiger partial charge in [-0.05, 0) is 19.1 Å². The molecular weight excluding hydrogens is 248 g/mol. The van der Waals surface area contributed by atoms with Gasteiger partial charge in [0.15, 0.2) is 0 Å². The van der Waals surface area contributed by atoms with E-state index in [1.54, 1.807) is 13.0 Å². The maximum atomic E-state index is 11.5. The van der Waals surface area contributed by atoms with Crippen LogP contribution in [-0.2, 0) is 0 Å². The number of aryl methyl sites for hydroxylation is 1. The van der Waals surface area contributed by atoms with E-state index in [0.717, 1.165) is 0 Å². The molecule has 0 unspecified atom stereocenters. The lowest BCUT2D eigenvalue weighted by atomic mass is 10.3. The van der Waals surface area contributed by atoms with Crippen LogP contribution in [-0.4, -0.2) is 38.8 Å². The molecule has 0 spiro atoms. The number of carbonyl (C=O) groups is 2. The van der Waals surface area contributed by atoms with E-state index >= 15 is 0 Å². The Hall–Kier alpha value is -2.70. The molecule has 2 aromatic heterocycles. The fourth-order valence-corrected chi connectivity index (χ4v) is 1.62. The first-order chi connectivity index (χ1) is 9.02. The van der Waals surface area contributed by atoms with Crippen LogP contribution >= 0.6 is 0 Å². The van der Waals surface area contributed by atoms with E-state index in [9.17, 15) is 9.59 Å². The lowest BCUT2D eigenvalue weighted by Crippen LogP contribution is -2.19. The monoisotopic (exact) mass is 260 g/mol. The molecule has 0 aromatic carbocycles. The van der Waals surface area contributed by atoms with Crippen molar-refractivity contribution >= 4 is 11.9 Å². The highest BCUT2D eigenvalue weighted by molar-refractivity contribution is 5.92. The van der Waals surface area contributed by atoms with Crippen LogP contribution in [0.25, 0.3) is 5.69 Å². The highest BCUT2D eigenvalue weighted by atomic mass is 16.4. The summed E-state index contributed by atoms with van der Waals surface area (Å²) < 4.78 is 1.41. The molecule has 0 fully saturated rings. The molecule has 7 nitrogen and oxygen atoms in total. The fraction of sp³-hybridized carbons (Fsp3) is 0.167. The third kappa shape index (κ3) is 2.44. The maximum absolute atomic E-state index is 11.5. The van der Waals surface area contributed by atoms with Gasteiger partial charge in [0.1, 0.15) is 11.3 Å². The highest BCUT2D eigenvalue weighted by Gasteiger charge is 2.13. The van der Waals surface area contributed by atoms with E-state index in [2.05, 4.69) is 15.4 Å². The average Bonchev–Trinajstić information content (AvgIpc) is 2.80. The number of amides is 1. The molecule has 0 saturated heterocycles. The highest BCUT2D eigenvalue weighted by Crippen LogP contribution is 2.12. The van der Waals surface area contributed by atoms with Crippen LogP contribution in [0.3, 0.4) is 0 Å². The number of rotatable bonds is 3. The van der Waals surface area contributed by atoms with E-state index in [0.29, 0.717) is 11.4 Å². The largest absolute Gasteiger partial charge is 0.478 e. The molecule has 7 heteroatoms. The molecule has 2 heterocycles. The van der Waals surface area contributed by atoms with Crippen molar-refractivity contribution in [3.05, 3.63) is 41.5 Å². The molecule has 0 aliphatic heterocycles. The first-order valence-corrected chi connectivity index (χ1v) is 5.51. The molecule has 0 aliphatic rings. The van der Waals surface area contributed by atoms with Gasteiger partial charge in [0.05, 0.1) is 11.4 Å². The van der Waals surface area contributed by atoms with Gasteiger partial charge in [-0.15, -0.1) is 0 Å². The van der Waals surface area contributed by atoms with Gasteiger partial charge in [-0.2, -0.15) is 5.10 Å². The van der Waals surface area contributed by atoms with Crippen LogP contribution in [0.2, 0.25) is 0 Å². The molecular formula is C12H12N4O3. The summed E-state index contributed by atoms with van der Waals surface area (Å²) in [7, 11) is 1.51. The van der Waals surface area contributed by atoms with Crippen LogP contribution in [0.15, 0.2) is 24.5 Å². The number of carbonyl (C=O) groups excluding carboxylic acids is 1. The van der Waals surface area contributed by atoms with E-state index in [-0.39, 0.29) is 17.2 Å². The topological polar surface area (TPSA) is 97.1 Å². The zero-order valence-corrected chi connectivity index (χ0v) is 10.4. The Morgan fingerprint density at radius 3 is 2.74 bits per heavy atom. The number of nitrogens with one attached hydrogen (secondary N) is 1. The number of pyridine rings is 1. The Morgan fingerprint density at radius 1 is 1.42 bits per heavy atom. The van der Waals surface area contributed by atoms with Crippen LogP contribution in [0.1, 0.15) is 26.5 Å². The molecule has 0 bridgehead atoms. The smallest absolute Gasteiger partial charge is 0.339 e. The quantitative estimate of drug-likeness (QED) is 0.843. The summed E-state index contributed by atoms with van der Waals surface area (Å²) >= 11 is 0. The lowest BCUT2D eigenvalue weighted by Gasteiger charge is -2.03. The SMILES string of the molecule is CNC(=O)c1cc(-n2cc(C(=O)O)c(C)n2)ccn1. The zero-order valence-electron chi connectivity index (χ0n) is 10.4. The Labute approximate surface area is 108 Å². The minimum absolute atomic E-state index is 0.123. The third-order valence-corrected chi connectivity index (χ3v) is 2.60. The van der Waals surface area contributed by atoms with E-state index in [1.165, 1.54) is 30.2 Å². The molecule has 1 amide bonds. The van der Waals surface area contributed by atoms with Gasteiger partial charge in [-0.25, -0.2) is 9.48 Å². The summed E-state index contributed by atoms with van der Waals surface area (Å²) in [6, 6.07) is 3.18. The van der Waals surface area contributed by atoms with Crippen molar-refractivity contribution in [1.82, 2.24) is 20.1 Å². The predicted molar refractivity (Wildman–Crippen MR) is 66.4 cm³/mol. The normalized spacial score (nSPS) is 10.2. The molecule has 98 valence electrons. The summed E-state index contributed by atoms with van der Waals surface area (Å²) in [5.74, 6) is -1.35. The van der Waals surface area contributed by atoms with E-state index < -0.39 is 5.97 Å². The van der Waals surface area contributed by atoms with E-state index in [1.807, 2.05) is 0 Å². The fourth-order valence-electron chi connectivity index (χ4n) is 1.62. The van der Waals surface area contributed by atoms with Crippen molar-refractivity contribution in [3.63, 3.8) is 0 Å². The number of aromatic nitrogens is 3. The Bertz CT molecular complexity index is 648. The summed E-state index contributed by atoms with van der Waals surface area (Å²) in [5, 5.41) is 15.6. The van der Waals surface area contributed by atoms with Crippen LogP contribution in [0.4, 0.5) is 0 Å². The zero-order chi connectivity index (χ0) is 14.0.